The molecule has 1 rings (SSSR count). The number of aromatic nitrogens is 2. The monoisotopic (exact) mass is 145 g/mol. The molecule has 10 heavy (non-hydrogen) atoms. The van der Waals surface area contributed by atoms with Gasteiger partial charge in [0.15, 0.2) is 0 Å². The maximum absolute atomic E-state index is 8.24. The molecule has 0 radical (unpaired) electrons. The Labute approximate surface area is 58.8 Å². The molecule has 5 heteroatoms. The molecule has 0 bridgehead atoms. The average molecular weight is 145 g/mol. The van der Waals surface area contributed by atoms with Gasteiger partial charge in [0.2, 0.25) is 0 Å². The van der Waals surface area contributed by atoms with Gasteiger partial charge in [-0.15, -0.1) is 0 Å². The Morgan fingerprint density at radius 2 is 2.00 bits per heavy atom. The van der Waals surface area contributed by atoms with Crippen molar-refractivity contribution in [3.8, 4) is 0 Å². The highest BCUT2D eigenvalue weighted by Gasteiger charge is 1.81. The van der Waals surface area contributed by atoms with Gasteiger partial charge in [0.1, 0.15) is 0 Å². The number of nitrogens with two attached hydrogens (primary N) is 1. The predicted octanol–water partition coefficient (Wildman–Crippen LogP) is -0.605. The van der Waals surface area contributed by atoms with E-state index in [0.717, 1.165) is 0 Å². The van der Waals surface area contributed by atoms with Crippen molar-refractivity contribution in [2.45, 2.75) is 13.0 Å². The molecular formula is C5H11N3O2. The van der Waals surface area contributed by atoms with Crippen LogP contribution in [0, 0.1) is 0 Å². The van der Waals surface area contributed by atoms with E-state index >= 15 is 0 Å². The topological polar surface area (TPSA) is 85.2 Å². The van der Waals surface area contributed by atoms with Crippen molar-refractivity contribution in [3.63, 3.8) is 0 Å². The minimum absolute atomic E-state index is 0.338. The zero-order chi connectivity index (χ0) is 7.82. The van der Waals surface area contributed by atoms with Crippen LogP contribution < -0.4 is 5.73 Å². The number of hydrogen-bond acceptors (Lipinski definition) is 5. The van der Waals surface area contributed by atoms with Crippen LogP contribution in [0.2, 0.25) is 0 Å². The molecule has 0 spiro atoms. The van der Waals surface area contributed by atoms with Crippen LogP contribution in [0.1, 0.15) is 6.92 Å². The van der Waals surface area contributed by atoms with Gasteiger partial charge in [-0.2, -0.15) is 0 Å². The van der Waals surface area contributed by atoms with E-state index in [2.05, 4.69) is 14.9 Å². The molecule has 0 fully saturated rings. The summed E-state index contributed by atoms with van der Waals surface area (Å²) in [5.41, 5.74) is 4.92. The summed E-state index contributed by atoms with van der Waals surface area (Å²) in [4.78, 5) is 0. The van der Waals surface area contributed by atoms with Crippen LogP contribution in [0.5, 0.6) is 0 Å². The lowest BCUT2D eigenvalue weighted by Crippen LogP contribution is -2.14. The van der Waals surface area contributed by atoms with E-state index in [1.807, 2.05) is 0 Å². The molecule has 1 aromatic rings. The Morgan fingerprint density at radius 3 is 2.10 bits per heavy atom. The zero-order valence-electron chi connectivity index (χ0n) is 5.77. The van der Waals surface area contributed by atoms with Crippen LogP contribution in [0.15, 0.2) is 17.0 Å². The molecule has 58 valence electrons. The van der Waals surface area contributed by atoms with E-state index in [4.69, 9.17) is 10.8 Å². The number of aliphatic hydroxyl groups is 1. The Kier molecular flexibility index (Phi) is 5.60. The van der Waals surface area contributed by atoms with Gasteiger partial charge in [-0.3, -0.25) is 0 Å². The highest BCUT2D eigenvalue weighted by Crippen LogP contribution is 1.65. The van der Waals surface area contributed by atoms with Gasteiger partial charge in [-0.05, 0) is 6.92 Å². The molecule has 1 atom stereocenters. The standard InChI is InChI=1S/C3H9NO.C2H2N2O/c1-3(5)2-4;1-2-4-5-3-1/h3,5H,2,4H2,1H3;1-2H. The van der Waals surface area contributed by atoms with Crippen molar-refractivity contribution in [2.75, 3.05) is 6.54 Å². The number of rotatable bonds is 1. The number of nitrogens with zero attached hydrogens (tertiary/aromatic N) is 2. The van der Waals surface area contributed by atoms with Crippen LogP contribution >= 0.6 is 0 Å². The molecule has 0 saturated carbocycles. The second-order valence-corrected chi connectivity index (χ2v) is 1.68. The van der Waals surface area contributed by atoms with Gasteiger partial charge in [0.05, 0.1) is 18.5 Å². The van der Waals surface area contributed by atoms with Gasteiger partial charge < -0.3 is 10.8 Å². The van der Waals surface area contributed by atoms with E-state index < -0.39 is 0 Å². The fourth-order valence-electron chi connectivity index (χ4n) is 0.136. The zero-order valence-corrected chi connectivity index (χ0v) is 5.77. The minimum atomic E-state index is -0.338. The van der Waals surface area contributed by atoms with Crippen LogP contribution in [-0.4, -0.2) is 28.1 Å². The molecule has 0 amide bonds. The summed E-state index contributed by atoms with van der Waals surface area (Å²) >= 11 is 0. The van der Waals surface area contributed by atoms with E-state index in [1.54, 1.807) is 6.92 Å². The highest BCUT2D eigenvalue weighted by atomic mass is 16.6. The quantitative estimate of drug-likeness (QED) is 0.551. The molecule has 0 aromatic carbocycles. The first-order chi connectivity index (χ1) is 4.77. The summed E-state index contributed by atoms with van der Waals surface area (Å²) in [6.45, 7) is 2.01. The van der Waals surface area contributed by atoms with Crippen LogP contribution in [-0.2, 0) is 0 Å². The largest absolute Gasteiger partial charge is 0.392 e. The van der Waals surface area contributed by atoms with Crippen molar-refractivity contribution < 1.29 is 9.74 Å². The fourth-order valence-corrected chi connectivity index (χ4v) is 0.136. The lowest BCUT2D eigenvalue weighted by atomic mass is 10.4. The molecule has 0 saturated heterocycles. The molecule has 0 aliphatic carbocycles. The predicted molar refractivity (Wildman–Crippen MR) is 35.0 cm³/mol. The first-order valence-corrected chi connectivity index (χ1v) is 2.87. The number of hydrogen-bond donors (Lipinski definition) is 2. The number of aliphatic hydroxyl groups excluding tert-OH is 1. The molecule has 5 nitrogen and oxygen atoms in total. The van der Waals surface area contributed by atoms with Crippen LogP contribution in [0.25, 0.3) is 0 Å². The van der Waals surface area contributed by atoms with Crippen molar-refractivity contribution >= 4 is 0 Å². The first-order valence-electron chi connectivity index (χ1n) is 2.87. The van der Waals surface area contributed by atoms with Crippen LogP contribution in [0.4, 0.5) is 0 Å². The van der Waals surface area contributed by atoms with Crippen molar-refractivity contribution in [3.05, 3.63) is 12.4 Å². The summed E-state index contributed by atoms with van der Waals surface area (Å²) in [5.74, 6) is 0. The normalized spacial score (nSPS) is 11.5. The molecule has 0 aliphatic rings. The minimum Gasteiger partial charge on any atom is -0.392 e. The second kappa shape index (κ2) is 6.18. The molecule has 1 unspecified atom stereocenters. The highest BCUT2D eigenvalue weighted by molar-refractivity contribution is 4.51. The van der Waals surface area contributed by atoms with Gasteiger partial charge in [-0.25, -0.2) is 4.63 Å². The second-order valence-electron chi connectivity index (χ2n) is 1.68. The van der Waals surface area contributed by atoms with Gasteiger partial charge in [-0.1, -0.05) is 10.3 Å². The molecule has 1 aromatic heterocycles. The fraction of sp³-hybridized carbons (Fsp3) is 0.600. The van der Waals surface area contributed by atoms with Gasteiger partial charge >= 0.3 is 0 Å². The Hall–Kier alpha value is -0.940. The lowest BCUT2D eigenvalue weighted by molar-refractivity contribution is 0.203. The Morgan fingerprint density at radius 1 is 1.60 bits per heavy atom. The maximum atomic E-state index is 8.24. The first kappa shape index (κ1) is 9.06. The van der Waals surface area contributed by atoms with E-state index in [0.29, 0.717) is 6.54 Å². The van der Waals surface area contributed by atoms with Crippen molar-refractivity contribution in [1.29, 1.82) is 0 Å². The summed E-state index contributed by atoms with van der Waals surface area (Å²) < 4.78 is 4.08. The average Bonchev–Trinajstić information content (AvgIpc) is 2.43. The smallest absolute Gasteiger partial charge is 0.0913 e. The van der Waals surface area contributed by atoms with E-state index in [-0.39, 0.29) is 6.10 Å². The van der Waals surface area contributed by atoms with Crippen molar-refractivity contribution in [1.82, 2.24) is 10.3 Å². The molecule has 3 N–H and O–H groups in total. The molecule has 1 heterocycles. The SMILES string of the molecule is CC(O)CN.c1cnon1. The van der Waals surface area contributed by atoms with E-state index in [1.165, 1.54) is 12.4 Å². The molecular weight excluding hydrogens is 134 g/mol. The summed E-state index contributed by atoms with van der Waals surface area (Å²) in [6.07, 6.45) is 2.61. The Balaban J connectivity index is 0.000000162. The maximum Gasteiger partial charge on any atom is 0.0913 e. The summed E-state index contributed by atoms with van der Waals surface area (Å²) in [7, 11) is 0. The third-order valence-corrected chi connectivity index (χ3v) is 0.624. The third kappa shape index (κ3) is 7.06. The summed E-state index contributed by atoms with van der Waals surface area (Å²) in [6, 6.07) is 0. The Bertz CT molecular complexity index is 112. The van der Waals surface area contributed by atoms with E-state index in [9.17, 15) is 0 Å². The van der Waals surface area contributed by atoms with Gasteiger partial charge in [0.25, 0.3) is 0 Å². The van der Waals surface area contributed by atoms with Gasteiger partial charge in [0, 0.05) is 6.54 Å². The lowest BCUT2D eigenvalue weighted by Gasteiger charge is -1.91. The molecule has 0 aliphatic heterocycles. The van der Waals surface area contributed by atoms with Crippen molar-refractivity contribution in [2.24, 2.45) is 5.73 Å². The summed E-state index contributed by atoms with van der Waals surface area (Å²) in [5, 5.41) is 14.7. The third-order valence-electron chi connectivity index (χ3n) is 0.624. The van der Waals surface area contributed by atoms with Crippen LogP contribution in [0.3, 0.4) is 0 Å².